The molecule has 0 aromatic carbocycles. The summed E-state index contributed by atoms with van der Waals surface area (Å²) in [5.41, 5.74) is 0. The molecule has 1 rings (SSSR count). The third kappa shape index (κ3) is 3.12. The predicted molar refractivity (Wildman–Crippen MR) is 52.0 cm³/mol. The van der Waals surface area contributed by atoms with Crippen LogP contribution in [0.1, 0.15) is 26.2 Å². The Hall–Kier alpha value is -0.0700. The quantitative estimate of drug-likeness (QED) is 0.376. The van der Waals surface area contributed by atoms with Gasteiger partial charge in [-0.3, -0.25) is 4.57 Å². The van der Waals surface area contributed by atoms with Crippen LogP contribution in [0.4, 0.5) is 0 Å². The number of hydrogen-bond acceptors (Lipinski definition) is 2. The molecule has 2 nitrogen and oxygen atoms in total. The van der Waals surface area contributed by atoms with Crippen molar-refractivity contribution in [3.05, 3.63) is 12.2 Å². The molecular weight excluding hydrogens is 171 g/mol. The van der Waals surface area contributed by atoms with Crippen LogP contribution in [0.3, 0.4) is 0 Å². The summed E-state index contributed by atoms with van der Waals surface area (Å²) < 4.78 is 17.1. The van der Waals surface area contributed by atoms with Crippen molar-refractivity contribution in [3.63, 3.8) is 0 Å². The van der Waals surface area contributed by atoms with Crippen LogP contribution in [0, 0.1) is 0 Å². The molecule has 1 aliphatic rings. The van der Waals surface area contributed by atoms with Crippen molar-refractivity contribution in [2.45, 2.75) is 26.2 Å². The Morgan fingerprint density at radius 2 is 2.00 bits per heavy atom. The highest BCUT2D eigenvalue weighted by Gasteiger charge is 2.23. The largest absolute Gasteiger partial charge is 0.328 e. The maximum Gasteiger partial charge on any atom is 0.210 e. The van der Waals surface area contributed by atoms with Gasteiger partial charge in [-0.25, -0.2) is 0 Å². The highest BCUT2D eigenvalue weighted by molar-refractivity contribution is 7.59. The fraction of sp³-hybridized carbons (Fsp3) is 0.778. The maximum atomic E-state index is 11.7. The van der Waals surface area contributed by atoms with Gasteiger partial charge in [-0.15, -0.1) is 0 Å². The summed E-state index contributed by atoms with van der Waals surface area (Å²) >= 11 is 0. The molecule has 1 heterocycles. The van der Waals surface area contributed by atoms with Gasteiger partial charge < -0.3 is 4.52 Å². The lowest BCUT2D eigenvalue weighted by atomic mass is 10.3. The van der Waals surface area contributed by atoms with Crippen LogP contribution >= 0.6 is 7.37 Å². The van der Waals surface area contributed by atoms with Crippen LogP contribution in [0.25, 0.3) is 0 Å². The highest BCUT2D eigenvalue weighted by atomic mass is 31.2. The van der Waals surface area contributed by atoms with E-state index in [1.54, 1.807) is 0 Å². The number of rotatable bonds is 5. The van der Waals surface area contributed by atoms with E-state index in [2.05, 4.69) is 6.92 Å². The third-order valence-electron chi connectivity index (χ3n) is 2.01. The predicted octanol–water partition coefficient (Wildman–Crippen LogP) is 3.04. The lowest BCUT2D eigenvalue weighted by molar-refractivity contribution is 0.307. The summed E-state index contributed by atoms with van der Waals surface area (Å²) in [6.45, 7) is 2.83. The SMILES string of the molecule is CCCCCOP1(=O)CC=CC1. The molecule has 0 atom stereocenters. The van der Waals surface area contributed by atoms with E-state index in [9.17, 15) is 4.57 Å². The van der Waals surface area contributed by atoms with Crippen LogP contribution in [-0.2, 0) is 9.09 Å². The van der Waals surface area contributed by atoms with Crippen LogP contribution < -0.4 is 0 Å². The van der Waals surface area contributed by atoms with E-state index in [0.717, 1.165) is 6.42 Å². The first kappa shape index (κ1) is 10.0. The second kappa shape index (κ2) is 4.84. The van der Waals surface area contributed by atoms with Crippen molar-refractivity contribution in [2.24, 2.45) is 0 Å². The zero-order chi connectivity index (χ0) is 8.86. The third-order valence-corrected chi connectivity index (χ3v) is 4.20. The minimum atomic E-state index is -2.22. The van der Waals surface area contributed by atoms with E-state index in [0.29, 0.717) is 18.9 Å². The minimum absolute atomic E-state index is 0.652. The first-order valence-electron chi connectivity index (χ1n) is 4.64. The molecule has 0 spiro atoms. The maximum absolute atomic E-state index is 11.7. The van der Waals surface area contributed by atoms with Crippen LogP contribution in [0.15, 0.2) is 12.2 Å². The van der Waals surface area contributed by atoms with Crippen molar-refractivity contribution in [2.75, 3.05) is 18.9 Å². The number of unbranched alkanes of at least 4 members (excludes halogenated alkanes) is 2. The molecule has 0 aromatic rings. The fourth-order valence-electron chi connectivity index (χ4n) is 1.23. The second-order valence-electron chi connectivity index (χ2n) is 3.19. The molecule has 70 valence electrons. The van der Waals surface area contributed by atoms with E-state index in [1.165, 1.54) is 12.8 Å². The highest BCUT2D eigenvalue weighted by Crippen LogP contribution is 2.50. The van der Waals surface area contributed by atoms with Gasteiger partial charge in [-0.05, 0) is 6.42 Å². The van der Waals surface area contributed by atoms with Gasteiger partial charge in [0.1, 0.15) is 0 Å². The van der Waals surface area contributed by atoms with Gasteiger partial charge in [-0.2, -0.15) is 0 Å². The van der Waals surface area contributed by atoms with Gasteiger partial charge in [0, 0.05) is 12.3 Å². The van der Waals surface area contributed by atoms with Crippen molar-refractivity contribution < 1.29 is 9.09 Å². The average molecular weight is 188 g/mol. The van der Waals surface area contributed by atoms with E-state index in [4.69, 9.17) is 4.52 Å². The molecule has 0 bridgehead atoms. The molecule has 12 heavy (non-hydrogen) atoms. The van der Waals surface area contributed by atoms with Crippen LogP contribution in [0.5, 0.6) is 0 Å². The van der Waals surface area contributed by atoms with E-state index >= 15 is 0 Å². The average Bonchev–Trinajstić information content (AvgIpc) is 2.47. The van der Waals surface area contributed by atoms with Crippen molar-refractivity contribution >= 4 is 7.37 Å². The molecule has 0 saturated carbocycles. The lowest BCUT2D eigenvalue weighted by Gasteiger charge is -2.11. The summed E-state index contributed by atoms with van der Waals surface area (Å²) in [5.74, 6) is 0. The summed E-state index contributed by atoms with van der Waals surface area (Å²) in [5, 5.41) is 0. The minimum Gasteiger partial charge on any atom is -0.328 e. The molecule has 0 unspecified atom stereocenters. The molecular formula is C9H17O2P. The smallest absolute Gasteiger partial charge is 0.210 e. The Bertz CT molecular complexity index is 187. The fourth-order valence-corrected chi connectivity index (χ4v) is 3.00. The molecule has 0 amide bonds. The first-order chi connectivity index (χ1) is 5.77. The van der Waals surface area contributed by atoms with Crippen LogP contribution in [-0.4, -0.2) is 18.9 Å². The van der Waals surface area contributed by atoms with Gasteiger partial charge in [0.15, 0.2) is 0 Å². The van der Waals surface area contributed by atoms with Gasteiger partial charge in [-0.1, -0.05) is 31.9 Å². The van der Waals surface area contributed by atoms with Gasteiger partial charge in [0.2, 0.25) is 7.37 Å². The van der Waals surface area contributed by atoms with Gasteiger partial charge >= 0.3 is 0 Å². The summed E-state index contributed by atoms with van der Waals surface area (Å²) in [7, 11) is -2.22. The van der Waals surface area contributed by atoms with Crippen molar-refractivity contribution in [1.82, 2.24) is 0 Å². The molecule has 0 aromatic heterocycles. The Morgan fingerprint density at radius 1 is 1.33 bits per heavy atom. The molecule has 1 aliphatic heterocycles. The van der Waals surface area contributed by atoms with Gasteiger partial charge in [0.05, 0.1) is 6.61 Å². The molecule has 0 fully saturated rings. The molecule has 0 saturated heterocycles. The van der Waals surface area contributed by atoms with Crippen molar-refractivity contribution in [3.8, 4) is 0 Å². The number of allylic oxidation sites excluding steroid dienone is 2. The molecule has 0 radical (unpaired) electrons. The zero-order valence-corrected chi connectivity index (χ0v) is 8.56. The van der Waals surface area contributed by atoms with Gasteiger partial charge in [0.25, 0.3) is 0 Å². The zero-order valence-electron chi connectivity index (χ0n) is 7.66. The molecule has 0 N–H and O–H groups in total. The summed E-state index contributed by atoms with van der Waals surface area (Å²) in [4.78, 5) is 0. The second-order valence-corrected chi connectivity index (χ2v) is 5.81. The Morgan fingerprint density at radius 3 is 2.58 bits per heavy atom. The number of hydrogen-bond donors (Lipinski definition) is 0. The summed E-state index contributed by atoms with van der Waals surface area (Å²) in [6.07, 6.45) is 8.62. The Kier molecular flexibility index (Phi) is 4.03. The first-order valence-corrected chi connectivity index (χ1v) is 6.64. The molecule has 0 aliphatic carbocycles. The van der Waals surface area contributed by atoms with Crippen LogP contribution in [0.2, 0.25) is 0 Å². The normalized spacial score (nSPS) is 20.1. The Labute approximate surface area is 74.5 Å². The van der Waals surface area contributed by atoms with E-state index < -0.39 is 7.37 Å². The Balaban J connectivity index is 2.10. The monoisotopic (exact) mass is 188 g/mol. The van der Waals surface area contributed by atoms with E-state index in [-0.39, 0.29) is 0 Å². The topological polar surface area (TPSA) is 26.3 Å². The standard InChI is InChI=1S/C9H17O2P/c1-2-3-4-7-11-12(10)8-5-6-9-12/h5-6H,2-4,7-9H2,1H3. The van der Waals surface area contributed by atoms with Crippen molar-refractivity contribution in [1.29, 1.82) is 0 Å². The lowest BCUT2D eigenvalue weighted by Crippen LogP contribution is -1.95. The molecule has 3 heteroatoms. The summed E-state index contributed by atoms with van der Waals surface area (Å²) in [6, 6.07) is 0. The van der Waals surface area contributed by atoms with E-state index in [1.807, 2.05) is 12.2 Å².